The van der Waals surface area contributed by atoms with Crippen molar-refractivity contribution in [2.45, 2.75) is 13.1 Å². The van der Waals surface area contributed by atoms with E-state index >= 15 is 0 Å². The van der Waals surface area contributed by atoms with E-state index in [4.69, 9.17) is 0 Å². The zero-order valence-corrected chi connectivity index (χ0v) is 11.4. The Morgan fingerprint density at radius 3 is 2.59 bits per heavy atom. The van der Waals surface area contributed by atoms with E-state index in [0.29, 0.717) is 0 Å². The third-order valence-corrected chi connectivity index (χ3v) is 3.01. The Bertz CT molecular complexity index is 471. The highest BCUT2D eigenvalue weighted by atomic mass is 79.9. The standard InChI is InChI=1S/C14H15BrN2/c1-17(11-13-5-3-7-16-9-13)10-12-4-2-6-14(15)8-12/h2-9H,10-11H2,1H3. The summed E-state index contributed by atoms with van der Waals surface area (Å²) in [4.78, 5) is 6.40. The van der Waals surface area contributed by atoms with E-state index in [2.05, 4.69) is 57.1 Å². The summed E-state index contributed by atoms with van der Waals surface area (Å²) < 4.78 is 1.13. The van der Waals surface area contributed by atoms with Gasteiger partial charge in [-0.25, -0.2) is 0 Å². The van der Waals surface area contributed by atoms with Gasteiger partial charge in [-0.05, 0) is 36.4 Å². The summed E-state index contributed by atoms with van der Waals surface area (Å²) in [6.07, 6.45) is 3.72. The summed E-state index contributed by atoms with van der Waals surface area (Å²) in [7, 11) is 2.12. The molecule has 0 aliphatic rings. The minimum atomic E-state index is 0.917. The predicted octanol–water partition coefficient (Wildman–Crippen LogP) is 3.48. The molecule has 1 heterocycles. The molecule has 0 aliphatic carbocycles. The molecular weight excluding hydrogens is 276 g/mol. The Morgan fingerprint density at radius 2 is 1.88 bits per heavy atom. The Labute approximate surface area is 110 Å². The third-order valence-electron chi connectivity index (χ3n) is 2.52. The minimum Gasteiger partial charge on any atom is -0.298 e. The number of halogens is 1. The van der Waals surface area contributed by atoms with E-state index in [0.717, 1.165) is 17.6 Å². The van der Waals surface area contributed by atoms with Gasteiger partial charge in [-0.3, -0.25) is 9.88 Å². The quantitative estimate of drug-likeness (QED) is 0.857. The number of hydrogen-bond acceptors (Lipinski definition) is 2. The van der Waals surface area contributed by atoms with Gasteiger partial charge >= 0.3 is 0 Å². The maximum Gasteiger partial charge on any atom is 0.0312 e. The smallest absolute Gasteiger partial charge is 0.0312 e. The zero-order valence-electron chi connectivity index (χ0n) is 9.81. The van der Waals surface area contributed by atoms with Crippen molar-refractivity contribution in [3.63, 3.8) is 0 Å². The number of pyridine rings is 1. The minimum absolute atomic E-state index is 0.917. The molecule has 0 saturated carbocycles. The van der Waals surface area contributed by atoms with Crippen LogP contribution < -0.4 is 0 Å². The van der Waals surface area contributed by atoms with Crippen molar-refractivity contribution in [1.82, 2.24) is 9.88 Å². The van der Waals surface area contributed by atoms with Gasteiger partial charge in [0.1, 0.15) is 0 Å². The second-order valence-corrected chi connectivity index (χ2v) is 5.08. The van der Waals surface area contributed by atoms with Crippen molar-refractivity contribution in [2.24, 2.45) is 0 Å². The fourth-order valence-electron chi connectivity index (χ4n) is 1.81. The average Bonchev–Trinajstić information content (AvgIpc) is 2.30. The molecule has 0 unspecified atom stereocenters. The van der Waals surface area contributed by atoms with Crippen LogP contribution in [0.2, 0.25) is 0 Å². The SMILES string of the molecule is CN(Cc1cccnc1)Cc1cccc(Br)c1. The number of rotatable bonds is 4. The molecule has 2 aromatic rings. The van der Waals surface area contributed by atoms with Crippen LogP contribution in [-0.4, -0.2) is 16.9 Å². The number of benzene rings is 1. The Balaban J connectivity index is 1.96. The molecule has 0 spiro atoms. The summed E-state index contributed by atoms with van der Waals surface area (Å²) in [5, 5.41) is 0. The lowest BCUT2D eigenvalue weighted by atomic mass is 10.2. The van der Waals surface area contributed by atoms with E-state index in [1.165, 1.54) is 11.1 Å². The third kappa shape index (κ3) is 3.95. The highest BCUT2D eigenvalue weighted by molar-refractivity contribution is 9.10. The molecule has 0 amide bonds. The summed E-state index contributed by atoms with van der Waals surface area (Å²) in [5.74, 6) is 0. The van der Waals surface area contributed by atoms with Gasteiger partial charge in [-0.15, -0.1) is 0 Å². The molecule has 2 rings (SSSR count). The van der Waals surface area contributed by atoms with Gasteiger partial charge in [-0.2, -0.15) is 0 Å². The fourth-order valence-corrected chi connectivity index (χ4v) is 2.25. The van der Waals surface area contributed by atoms with Gasteiger partial charge in [0.2, 0.25) is 0 Å². The monoisotopic (exact) mass is 290 g/mol. The molecule has 17 heavy (non-hydrogen) atoms. The maximum absolute atomic E-state index is 4.12. The number of aromatic nitrogens is 1. The highest BCUT2D eigenvalue weighted by Crippen LogP contribution is 2.13. The van der Waals surface area contributed by atoms with Gasteiger partial charge in [0.25, 0.3) is 0 Å². The van der Waals surface area contributed by atoms with Gasteiger partial charge in [-0.1, -0.05) is 34.1 Å². The van der Waals surface area contributed by atoms with Crippen molar-refractivity contribution in [1.29, 1.82) is 0 Å². The molecule has 0 aliphatic heterocycles. The molecule has 1 aromatic heterocycles. The normalized spacial score (nSPS) is 10.8. The van der Waals surface area contributed by atoms with E-state index < -0.39 is 0 Å². The highest BCUT2D eigenvalue weighted by Gasteiger charge is 2.02. The lowest BCUT2D eigenvalue weighted by Gasteiger charge is -2.16. The molecule has 0 bridgehead atoms. The maximum atomic E-state index is 4.12. The van der Waals surface area contributed by atoms with Crippen LogP contribution in [0, 0.1) is 0 Å². The first-order valence-corrected chi connectivity index (χ1v) is 6.35. The Kier molecular flexibility index (Phi) is 4.29. The van der Waals surface area contributed by atoms with Crippen molar-refractivity contribution in [3.8, 4) is 0 Å². The fraction of sp³-hybridized carbons (Fsp3) is 0.214. The summed E-state index contributed by atoms with van der Waals surface area (Å²) in [6.45, 7) is 1.86. The first-order chi connectivity index (χ1) is 8.24. The van der Waals surface area contributed by atoms with E-state index in [1.807, 2.05) is 18.3 Å². The molecule has 0 N–H and O–H groups in total. The Hall–Kier alpha value is -1.19. The molecule has 3 heteroatoms. The molecule has 0 fully saturated rings. The Morgan fingerprint density at radius 1 is 1.12 bits per heavy atom. The van der Waals surface area contributed by atoms with Crippen molar-refractivity contribution >= 4 is 15.9 Å². The van der Waals surface area contributed by atoms with Gasteiger partial charge in [0.05, 0.1) is 0 Å². The first-order valence-electron chi connectivity index (χ1n) is 5.56. The molecule has 2 nitrogen and oxygen atoms in total. The summed E-state index contributed by atoms with van der Waals surface area (Å²) in [5.41, 5.74) is 2.55. The molecular formula is C14H15BrN2. The van der Waals surface area contributed by atoms with E-state index in [-0.39, 0.29) is 0 Å². The van der Waals surface area contributed by atoms with Crippen LogP contribution in [-0.2, 0) is 13.1 Å². The van der Waals surface area contributed by atoms with Crippen molar-refractivity contribution in [3.05, 3.63) is 64.4 Å². The van der Waals surface area contributed by atoms with Crippen LogP contribution in [0.3, 0.4) is 0 Å². The van der Waals surface area contributed by atoms with Gasteiger partial charge < -0.3 is 0 Å². The van der Waals surface area contributed by atoms with Crippen LogP contribution in [0.4, 0.5) is 0 Å². The zero-order chi connectivity index (χ0) is 12.1. The average molecular weight is 291 g/mol. The van der Waals surface area contributed by atoms with E-state index in [9.17, 15) is 0 Å². The lowest BCUT2D eigenvalue weighted by molar-refractivity contribution is 0.318. The molecule has 1 aromatic carbocycles. The molecule has 88 valence electrons. The second kappa shape index (κ2) is 5.94. The second-order valence-electron chi connectivity index (χ2n) is 4.16. The molecule has 0 radical (unpaired) electrons. The lowest BCUT2D eigenvalue weighted by Crippen LogP contribution is -2.17. The summed E-state index contributed by atoms with van der Waals surface area (Å²) in [6, 6.07) is 12.5. The topological polar surface area (TPSA) is 16.1 Å². The van der Waals surface area contributed by atoms with Gasteiger partial charge in [0.15, 0.2) is 0 Å². The van der Waals surface area contributed by atoms with E-state index in [1.54, 1.807) is 6.20 Å². The van der Waals surface area contributed by atoms with Crippen LogP contribution in [0.25, 0.3) is 0 Å². The number of hydrogen-bond donors (Lipinski definition) is 0. The molecule has 0 saturated heterocycles. The van der Waals surface area contributed by atoms with Crippen LogP contribution in [0.5, 0.6) is 0 Å². The van der Waals surface area contributed by atoms with Crippen LogP contribution >= 0.6 is 15.9 Å². The van der Waals surface area contributed by atoms with Crippen molar-refractivity contribution in [2.75, 3.05) is 7.05 Å². The van der Waals surface area contributed by atoms with Crippen LogP contribution in [0.1, 0.15) is 11.1 Å². The molecule has 0 atom stereocenters. The predicted molar refractivity (Wildman–Crippen MR) is 73.6 cm³/mol. The first kappa shape index (κ1) is 12.3. The largest absolute Gasteiger partial charge is 0.298 e. The van der Waals surface area contributed by atoms with Crippen LogP contribution in [0.15, 0.2) is 53.3 Å². The number of nitrogens with zero attached hydrogens (tertiary/aromatic N) is 2. The van der Waals surface area contributed by atoms with Gasteiger partial charge in [0, 0.05) is 30.0 Å². The summed E-state index contributed by atoms with van der Waals surface area (Å²) >= 11 is 3.49. The van der Waals surface area contributed by atoms with Crippen molar-refractivity contribution < 1.29 is 0 Å².